The number of rotatable bonds is 7. The molecule has 0 unspecified atom stereocenters. The Labute approximate surface area is 181 Å². The van der Waals surface area contributed by atoms with E-state index in [4.69, 9.17) is 10.2 Å². The highest BCUT2D eigenvalue weighted by Crippen LogP contribution is 2.15. The van der Waals surface area contributed by atoms with Gasteiger partial charge in [0.05, 0.1) is 28.2 Å². The largest absolute Gasteiger partial charge is 0.550 e. The number of carboxylic acids is 3. The van der Waals surface area contributed by atoms with Crippen molar-refractivity contribution in [1.29, 1.82) is 0 Å². The fourth-order valence-electron chi connectivity index (χ4n) is 2.21. The summed E-state index contributed by atoms with van der Waals surface area (Å²) in [6, 6.07) is 20.7. The number of hydrogen-bond donors (Lipinski definition) is 3. The lowest BCUT2D eigenvalue weighted by Crippen LogP contribution is -2.72. The van der Waals surface area contributed by atoms with E-state index in [0.29, 0.717) is 0 Å². The molecule has 0 spiro atoms. The zero-order valence-corrected chi connectivity index (χ0v) is 18.1. The molecule has 2 aromatic rings. The summed E-state index contributed by atoms with van der Waals surface area (Å²) in [5.74, 6) is -5.65. The summed E-state index contributed by atoms with van der Waals surface area (Å²) < 4.78 is 0.890. The van der Waals surface area contributed by atoms with E-state index >= 15 is 0 Å². The van der Waals surface area contributed by atoms with E-state index in [1.807, 2.05) is 31.3 Å². The number of hydrogen-bond acceptors (Lipinski definition) is 6. The van der Waals surface area contributed by atoms with Gasteiger partial charge < -0.3 is 35.3 Å². The molecule has 0 aliphatic rings. The molecule has 0 amide bonds. The minimum absolute atomic E-state index is 0.890. The number of carbonyl (C=O) groups excluding carboxylic acids is 2. The molecule has 4 N–H and O–H groups in total. The lowest BCUT2D eigenvalue weighted by Gasteiger charge is -2.23. The first-order valence-corrected chi connectivity index (χ1v) is 9.38. The van der Waals surface area contributed by atoms with E-state index in [2.05, 4.69) is 62.9 Å². The van der Waals surface area contributed by atoms with Gasteiger partial charge in [0.25, 0.3) is 0 Å². The van der Waals surface area contributed by atoms with E-state index in [-0.39, 0.29) is 0 Å². The third-order valence-corrected chi connectivity index (χ3v) is 3.94. The van der Waals surface area contributed by atoms with Crippen molar-refractivity contribution in [3.05, 3.63) is 60.7 Å². The molecule has 0 aliphatic carbocycles. The molecule has 0 aliphatic heterocycles. The molecular weight excluding hydrogens is 404 g/mol. The molecule has 170 valence electrons. The van der Waals surface area contributed by atoms with Crippen LogP contribution in [0.25, 0.3) is 0 Å². The standard InChI is InChI=1S/C9H14N.C7H9N.C6H8O7/c1-10(2,3)9-7-5-4-6-8-9;1-8-7-5-3-2-4-6-7;7-3(8)1-6(13,5(11)12)2-4(9)10/h4-8H,1-3H3;2-6,8H,1H3;13H,1-2H2,(H,7,8)(H,9,10)(H,11,12)/q+1;;/p-1. The maximum atomic E-state index is 10.3. The Balaban J connectivity index is 0.000000447. The smallest absolute Gasteiger partial charge is 0.336 e. The van der Waals surface area contributed by atoms with Gasteiger partial charge in [0.2, 0.25) is 0 Å². The molecule has 0 fully saturated rings. The number of aliphatic hydroxyl groups is 1. The summed E-state index contributed by atoms with van der Waals surface area (Å²) in [7, 11) is 8.52. The van der Waals surface area contributed by atoms with Crippen LogP contribution in [0.1, 0.15) is 12.8 Å². The lowest BCUT2D eigenvalue weighted by molar-refractivity contribution is -0.539. The average molecular weight is 434 g/mol. The number of benzene rings is 2. The highest BCUT2D eigenvalue weighted by atomic mass is 16.4. The molecule has 9 nitrogen and oxygen atoms in total. The zero-order chi connectivity index (χ0) is 24.1. The monoisotopic (exact) mass is 434 g/mol. The van der Waals surface area contributed by atoms with Gasteiger partial charge in [0, 0.05) is 24.8 Å². The van der Waals surface area contributed by atoms with Crippen LogP contribution in [0, 0.1) is 0 Å². The van der Waals surface area contributed by atoms with Gasteiger partial charge in [0.1, 0.15) is 11.4 Å². The fourth-order valence-corrected chi connectivity index (χ4v) is 2.21. The van der Waals surface area contributed by atoms with Gasteiger partial charge in [-0.1, -0.05) is 36.4 Å². The maximum absolute atomic E-state index is 10.3. The van der Waals surface area contributed by atoms with Gasteiger partial charge in [-0.2, -0.15) is 0 Å². The number of quaternary nitrogens is 2. The maximum Gasteiger partial charge on any atom is 0.336 e. The van der Waals surface area contributed by atoms with Crippen LogP contribution in [0.15, 0.2) is 60.7 Å². The first-order chi connectivity index (χ1) is 14.3. The Morgan fingerprint density at radius 2 is 1.26 bits per heavy atom. The molecule has 0 saturated heterocycles. The number of para-hydroxylation sites is 2. The Hall–Kier alpha value is -3.27. The summed E-state index contributed by atoms with van der Waals surface area (Å²) in [6.45, 7) is 0. The quantitative estimate of drug-likeness (QED) is 0.353. The molecule has 0 atom stereocenters. The van der Waals surface area contributed by atoms with Crippen LogP contribution in [0.5, 0.6) is 0 Å². The normalized spacial score (nSPS) is 10.6. The van der Waals surface area contributed by atoms with Gasteiger partial charge in [-0.15, -0.1) is 0 Å². The molecule has 9 heteroatoms. The van der Waals surface area contributed by atoms with E-state index in [0.717, 1.165) is 4.48 Å². The second-order valence-corrected chi connectivity index (χ2v) is 7.48. The molecule has 31 heavy (non-hydrogen) atoms. The Morgan fingerprint density at radius 1 is 0.871 bits per heavy atom. The third kappa shape index (κ3) is 12.1. The van der Waals surface area contributed by atoms with E-state index in [1.54, 1.807) is 0 Å². The summed E-state index contributed by atoms with van der Waals surface area (Å²) in [5.41, 5.74) is -0.243. The predicted molar refractivity (Wildman–Crippen MR) is 112 cm³/mol. The number of nitrogens with zero attached hydrogens (tertiary/aromatic N) is 1. The van der Waals surface area contributed by atoms with Crippen molar-refractivity contribution < 1.29 is 40.1 Å². The highest BCUT2D eigenvalue weighted by molar-refractivity contribution is 5.87. The Bertz CT molecular complexity index is 803. The van der Waals surface area contributed by atoms with Crippen molar-refractivity contribution in [2.75, 3.05) is 28.2 Å². The Morgan fingerprint density at radius 3 is 1.48 bits per heavy atom. The van der Waals surface area contributed by atoms with Crippen LogP contribution < -0.4 is 20.0 Å². The van der Waals surface area contributed by atoms with Crippen LogP contribution in [0.2, 0.25) is 0 Å². The lowest BCUT2D eigenvalue weighted by atomic mass is 9.96. The molecule has 2 aromatic carbocycles. The van der Waals surface area contributed by atoms with Gasteiger partial charge in [-0.3, -0.25) is 4.48 Å². The van der Waals surface area contributed by atoms with E-state index < -0.39 is 36.4 Å². The number of carboxylic acid groups (broad SMARTS) is 3. The first-order valence-electron chi connectivity index (χ1n) is 9.38. The van der Waals surface area contributed by atoms with Crippen LogP contribution in [-0.4, -0.2) is 61.9 Å². The van der Waals surface area contributed by atoms with Crippen molar-refractivity contribution in [2.45, 2.75) is 18.4 Å². The van der Waals surface area contributed by atoms with Crippen molar-refractivity contribution in [3.63, 3.8) is 0 Å². The predicted octanol–water partition coefficient (Wildman–Crippen LogP) is -1.52. The van der Waals surface area contributed by atoms with Gasteiger partial charge in [0.15, 0.2) is 5.60 Å². The molecular formula is C22H30N2O7. The molecule has 0 heterocycles. The van der Waals surface area contributed by atoms with Crippen LogP contribution in [-0.2, 0) is 14.4 Å². The highest BCUT2D eigenvalue weighted by Gasteiger charge is 2.36. The second kappa shape index (κ2) is 13.1. The molecule has 2 rings (SSSR count). The molecule has 0 aromatic heterocycles. The van der Waals surface area contributed by atoms with Crippen molar-refractivity contribution in [1.82, 2.24) is 4.48 Å². The topological polar surface area (TPSA) is 154 Å². The summed E-state index contributed by atoms with van der Waals surface area (Å²) >= 11 is 0. The van der Waals surface area contributed by atoms with Gasteiger partial charge in [-0.25, -0.2) is 4.79 Å². The van der Waals surface area contributed by atoms with Crippen molar-refractivity contribution in [3.8, 4) is 0 Å². The first kappa shape index (κ1) is 27.7. The molecule has 0 saturated carbocycles. The SMILES string of the molecule is C[N+](C)(C)c1ccccc1.C[NH2+]c1ccccc1.O=C([O-])CC(O)(CC(=O)[O-])C(=O)O. The summed E-state index contributed by atoms with van der Waals surface area (Å²) in [4.78, 5) is 30.2. The van der Waals surface area contributed by atoms with Crippen molar-refractivity contribution >= 4 is 29.3 Å². The Kier molecular flexibility index (Phi) is 11.7. The summed E-state index contributed by atoms with van der Waals surface area (Å²) in [5, 5.41) is 39.3. The third-order valence-electron chi connectivity index (χ3n) is 3.94. The van der Waals surface area contributed by atoms with E-state index in [9.17, 15) is 24.6 Å². The van der Waals surface area contributed by atoms with Crippen LogP contribution >= 0.6 is 0 Å². The van der Waals surface area contributed by atoms with E-state index in [1.165, 1.54) is 11.4 Å². The van der Waals surface area contributed by atoms with Gasteiger partial charge in [-0.05, 0) is 24.3 Å². The summed E-state index contributed by atoms with van der Waals surface area (Å²) in [6.07, 6.45) is -2.59. The molecule has 0 radical (unpaired) electrons. The number of carbonyl (C=O) groups is 3. The van der Waals surface area contributed by atoms with Crippen molar-refractivity contribution in [2.24, 2.45) is 0 Å². The minimum atomic E-state index is -2.86. The minimum Gasteiger partial charge on any atom is -0.550 e. The number of nitrogens with two attached hydrogens (primary N) is 1. The average Bonchev–Trinajstić information content (AvgIpc) is 2.68. The van der Waals surface area contributed by atoms with Crippen LogP contribution in [0.4, 0.5) is 11.4 Å². The fraction of sp³-hybridized carbons (Fsp3) is 0.318. The molecule has 0 bridgehead atoms. The zero-order valence-electron chi connectivity index (χ0n) is 18.1. The second-order valence-electron chi connectivity index (χ2n) is 7.48. The van der Waals surface area contributed by atoms with Gasteiger partial charge >= 0.3 is 5.97 Å². The number of aliphatic carboxylic acids is 3. The van der Waals surface area contributed by atoms with Crippen LogP contribution in [0.3, 0.4) is 0 Å².